The lowest BCUT2D eigenvalue weighted by Crippen LogP contribution is -2.40. The molecular weight excluding hydrogens is 344 g/mol. The maximum absolute atomic E-state index is 12.9. The molecule has 0 spiro atoms. The van der Waals surface area contributed by atoms with Crippen LogP contribution in [-0.4, -0.2) is 54.9 Å². The van der Waals surface area contributed by atoms with Gasteiger partial charge in [0.1, 0.15) is 5.69 Å². The van der Waals surface area contributed by atoms with Gasteiger partial charge in [0.25, 0.3) is 5.91 Å². The minimum atomic E-state index is -3.64. The number of morpholine rings is 1. The van der Waals surface area contributed by atoms with Crippen LogP contribution in [0.4, 0.5) is 5.69 Å². The molecule has 2 aromatic rings. The van der Waals surface area contributed by atoms with Gasteiger partial charge >= 0.3 is 0 Å². The van der Waals surface area contributed by atoms with Gasteiger partial charge in [-0.25, -0.2) is 13.4 Å². The summed E-state index contributed by atoms with van der Waals surface area (Å²) in [6.07, 6.45) is 4.23. The van der Waals surface area contributed by atoms with Gasteiger partial charge in [-0.1, -0.05) is 6.07 Å². The van der Waals surface area contributed by atoms with Crippen molar-refractivity contribution in [3.63, 3.8) is 0 Å². The number of amides is 1. The van der Waals surface area contributed by atoms with Gasteiger partial charge in [0.15, 0.2) is 0 Å². The van der Waals surface area contributed by atoms with Crippen LogP contribution in [0.2, 0.25) is 0 Å². The molecule has 25 heavy (non-hydrogen) atoms. The maximum atomic E-state index is 12.9. The Labute approximate surface area is 145 Å². The van der Waals surface area contributed by atoms with E-state index in [4.69, 9.17) is 4.74 Å². The van der Waals surface area contributed by atoms with Gasteiger partial charge < -0.3 is 10.1 Å². The minimum absolute atomic E-state index is 0.153. The molecule has 0 saturated carbocycles. The van der Waals surface area contributed by atoms with Gasteiger partial charge in [0, 0.05) is 31.2 Å². The Hall–Kier alpha value is -2.36. The number of rotatable bonds is 4. The van der Waals surface area contributed by atoms with Crippen LogP contribution in [0.15, 0.2) is 41.7 Å². The third kappa shape index (κ3) is 3.84. The van der Waals surface area contributed by atoms with E-state index in [2.05, 4.69) is 15.3 Å². The Morgan fingerprint density at radius 1 is 1.24 bits per heavy atom. The van der Waals surface area contributed by atoms with Crippen molar-refractivity contribution in [1.82, 2.24) is 14.3 Å². The van der Waals surface area contributed by atoms with E-state index in [0.717, 1.165) is 0 Å². The van der Waals surface area contributed by atoms with Crippen molar-refractivity contribution in [3.05, 3.63) is 48.0 Å². The first-order chi connectivity index (χ1) is 12.0. The fourth-order valence-electron chi connectivity index (χ4n) is 2.49. The van der Waals surface area contributed by atoms with Crippen LogP contribution in [-0.2, 0) is 14.8 Å². The van der Waals surface area contributed by atoms with Crippen LogP contribution in [0, 0.1) is 6.92 Å². The quantitative estimate of drug-likeness (QED) is 0.873. The van der Waals surface area contributed by atoms with Crippen LogP contribution in [0.5, 0.6) is 0 Å². The van der Waals surface area contributed by atoms with Crippen LogP contribution < -0.4 is 5.32 Å². The first-order valence-electron chi connectivity index (χ1n) is 7.74. The highest BCUT2D eigenvalue weighted by atomic mass is 32.2. The number of carbonyl (C=O) groups excluding carboxylic acids is 1. The number of hydrogen-bond donors (Lipinski definition) is 1. The molecule has 1 aliphatic heterocycles. The molecule has 0 aliphatic carbocycles. The summed E-state index contributed by atoms with van der Waals surface area (Å²) in [5.74, 6) is -0.452. The predicted molar refractivity (Wildman–Crippen MR) is 90.7 cm³/mol. The van der Waals surface area contributed by atoms with Crippen molar-refractivity contribution >= 4 is 21.6 Å². The number of nitrogens with one attached hydrogen (secondary N) is 1. The second kappa shape index (κ2) is 7.26. The number of anilines is 1. The van der Waals surface area contributed by atoms with E-state index >= 15 is 0 Å². The lowest BCUT2D eigenvalue weighted by molar-refractivity contribution is 0.0730. The Bertz CT molecular complexity index is 865. The van der Waals surface area contributed by atoms with Crippen molar-refractivity contribution in [2.45, 2.75) is 11.8 Å². The number of hydrogen-bond acceptors (Lipinski definition) is 6. The van der Waals surface area contributed by atoms with E-state index in [1.165, 1.54) is 29.0 Å². The van der Waals surface area contributed by atoms with Gasteiger partial charge in [0.05, 0.1) is 24.3 Å². The molecule has 0 atom stereocenters. The van der Waals surface area contributed by atoms with Crippen molar-refractivity contribution in [2.24, 2.45) is 0 Å². The Kier molecular flexibility index (Phi) is 5.07. The zero-order chi connectivity index (χ0) is 17.9. The topological polar surface area (TPSA) is 101 Å². The third-order valence-electron chi connectivity index (χ3n) is 3.83. The Morgan fingerprint density at radius 2 is 2.00 bits per heavy atom. The second-order valence-corrected chi connectivity index (χ2v) is 7.45. The lowest BCUT2D eigenvalue weighted by atomic mass is 10.2. The smallest absolute Gasteiger partial charge is 0.275 e. The molecule has 3 rings (SSSR count). The Balaban J connectivity index is 1.86. The molecule has 132 valence electrons. The van der Waals surface area contributed by atoms with Crippen LogP contribution in [0.3, 0.4) is 0 Å². The summed E-state index contributed by atoms with van der Waals surface area (Å²) in [5, 5.41) is 2.65. The molecular formula is C16H18N4O4S. The van der Waals surface area contributed by atoms with Gasteiger partial charge in [-0.3, -0.25) is 9.78 Å². The first kappa shape index (κ1) is 17.5. The molecule has 1 amide bonds. The van der Waals surface area contributed by atoms with Crippen LogP contribution >= 0.6 is 0 Å². The summed E-state index contributed by atoms with van der Waals surface area (Å²) < 4.78 is 32.3. The molecule has 0 radical (unpaired) electrons. The molecule has 9 heteroatoms. The average molecular weight is 362 g/mol. The molecule has 0 unspecified atom stereocenters. The van der Waals surface area contributed by atoms with Gasteiger partial charge in [0.2, 0.25) is 10.0 Å². The average Bonchev–Trinajstić information content (AvgIpc) is 2.64. The number of carbonyl (C=O) groups is 1. The highest BCUT2D eigenvalue weighted by Gasteiger charge is 2.28. The third-order valence-corrected chi connectivity index (χ3v) is 5.87. The number of benzene rings is 1. The zero-order valence-corrected chi connectivity index (χ0v) is 14.5. The van der Waals surface area contributed by atoms with Gasteiger partial charge in [-0.2, -0.15) is 4.31 Å². The summed E-state index contributed by atoms with van der Waals surface area (Å²) >= 11 is 0. The lowest BCUT2D eigenvalue weighted by Gasteiger charge is -2.26. The number of aromatic nitrogens is 2. The van der Waals surface area contributed by atoms with Crippen molar-refractivity contribution < 1.29 is 17.9 Å². The van der Waals surface area contributed by atoms with Crippen molar-refractivity contribution in [2.75, 3.05) is 31.6 Å². The molecule has 1 fully saturated rings. The van der Waals surface area contributed by atoms with Gasteiger partial charge in [-0.05, 0) is 24.6 Å². The standard InChI is InChI=1S/C16H18N4O4S/c1-12-2-3-13(19-16(21)14-11-17-4-5-18-14)10-15(12)25(22,23)20-6-8-24-9-7-20/h2-5,10-11H,6-9H2,1H3,(H,19,21). The summed E-state index contributed by atoms with van der Waals surface area (Å²) in [5.41, 5.74) is 1.15. The van der Waals surface area contributed by atoms with E-state index in [9.17, 15) is 13.2 Å². The zero-order valence-electron chi connectivity index (χ0n) is 13.7. The van der Waals surface area contributed by atoms with E-state index in [1.807, 2.05) is 0 Å². The summed E-state index contributed by atoms with van der Waals surface area (Å²) in [7, 11) is -3.64. The van der Waals surface area contributed by atoms with Gasteiger partial charge in [-0.15, -0.1) is 0 Å². The normalized spacial score (nSPS) is 15.7. The largest absolute Gasteiger partial charge is 0.379 e. The Morgan fingerprint density at radius 3 is 2.68 bits per heavy atom. The predicted octanol–water partition coefficient (Wildman–Crippen LogP) is 1.06. The van der Waals surface area contributed by atoms with E-state index in [1.54, 1.807) is 19.1 Å². The maximum Gasteiger partial charge on any atom is 0.275 e. The number of nitrogens with zero attached hydrogens (tertiary/aromatic N) is 3. The number of sulfonamides is 1. The minimum Gasteiger partial charge on any atom is -0.379 e. The second-order valence-electron chi connectivity index (χ2n) is 5.54. The molecule has 1 aromatic heterocycles. The molecule has 1 aliphatic rings. The summed E-state index contributed by atoms with van der Waals surface area (Å²) in [6.45, 7) is 3.11. The SMILES string of the molecule is Cc1ccc(NC(=O)c2cnccn2)cc1S(=O)(=O)N1CCOCC1. The van der Waals surface area contributed by atoms with Crippen LogP contribution in [0.25, 0.3) is 0 Å². The fraction of sp³-hybridized carbons (Fsp3) is 0.312. The summed E-state index contributed by atoms with van der Waals surface area (Å²) in [6, 6.07) is 4.79. The molecule has 2 heterocycles. The molecule has 0 bridgehead atoms. The summed E-state index contributed by atoms with van der Waals surface area (Å²) in [4.78, 5) is 20.1. The molecule has 1 saturated heterocycles. The number of ether oxygens (including phenoxy) is 1. The number of aryl methyl sites for hydroxylation is 1. The van der Waals surface area contributed by atoms with E-state index in [0.29, 0.717) is 37.6 Å². The van der Waals surface area contributed by atoms with E-state index < -0.39 is 15.9 Å². The van der Waals surface area contributed by atoms with Crippen molar-refractivity contribution in [3.8, 4) is 0 Å². The fourth-order valence-corrected chi connectivity index (χ4v) is 4.15. The first-order valence-corrected chi connectivity index (χ1v) is 9.18. The van der Waals surface area contributed by atoms with Crippen LogP contribution in [0.1, 0.15) is 16.1 Å². The highest BCUT2D eigenvalue weighted by molar-refractivity contribution is 7.89. The van der Waals surface area contributed by atoms with E-state index in [-0.39, 0.29) is 10.6 Å². The highest BCUT2D eigenvalue weighted by Crippen LogP contribution is 2.24. The molecule has 8 nitrogen and oxygen atoms in total. The van der Waals surface area contributed by atoms with Crippen molar-refractivity contribution in [1.29, 1.82) is 0 Å². The molecule has 1 N–H and O–H groups in total. The molecule has 1 aromatic carbocycles. The monoisotopic (exact) mass is 362 g/mol.